The van der Waals surface area contributed by atoms with Crippen molar-refractivity contribution in [3.63, 3.8) is 0 Å². The summed E-state index contributed by atoms with van der Waals surface area (Å²) < 4.78 is 78.1. The number of ether oxygens (including phenoxy) is 3. The number of anilines is 1. The predicted molar refractivity (Wildman–Crippen MR) is 137 cm³/mol. The maximum atomic E-state index is 13.2. The third kappa shape index (κ3) is 13.0. The SMILES string of the molecule is CCOC(Cc1ccc(OCCN(CCCCC(C)(F)F)C(=O)Nc2ccc(OC(F)(F)F)cc2)cc1)C(=O)O. The number of alkyl halides is 5. The summed E-state index contributed by atoms with van der Waals surface area (Å²) in [5, 5.41) is 11.8. The largest absolute Gasteiger partial charge is 0.573 e. The molecule has 2 aromatic rings. The first-order valence-electron chi connectivity index (χ1n) is 12.6. The van der Waals surface area contributed by atoms with Crippen LogP contribution in [-0.2, 0) is 16.0 Å². The smallest absolute Gasteiger partial charge is 0.492 e. The van der Waals surface area contributed by atoms with Crippen molar-refractivity contribution in [3.8, 4) is 11.5 Å². The van der Waals surface area contributed by atoms with Gasteiger partial charge in [0, 0.05) is 31.7 Å². The van der Waals surface area contributed by atoms with Crippen LogP contribution in [0.25, 0.3) is 0 Å². The molecule has 222 valence electrons. The highest BCUT2D eigenvalue weighted by atomic mass is 19.4. The number of hydrogen-bond donors (Lipinski definition) is 2. The number of amides is 2. The second-order valence-electron chi connectivity index (χ2n) is 9.00. The molecule has 0 aromatic heterocycles. The Bertz CT molecular complexity index is 1060. The van der Waals surface area contributed by atoms with E-state index in [0.717, 1.165) is 24.6 Å². The number of halogens is 5. The first-order chi connectivity index (χ1) is 18.8. The normalized spacial score (nSPS) is 12.5. The standard InChI is InChI=1S/C27H33F5N2O6/c1-3-38-23(24(35)36)18-19-6-10-21(11-7-19)39-17-16-34(15-5-4-14-26(2,28)29)25(37)33-20-8-12-22(13-9-20)40-27(30,31)32/h6-13,23H,3-5,14-18H2,1-2H3,(H,33,37)(H,35,36). The zero-order valence-corrected chi connectivity index (χ0v) is 22.2. The van der Waals surface area contributed by atoms with Crippen molar-refractivity contribution in [2.75, 3.05) is 31.6 Å². The summed E-state index contributed by atoms with van der Waals surface area (Å²) in [5.41, 5.74) is 0.946. The van der Waals surface area contributed by atoms with Crippen molar-refractivity contribution in [3.05, 3.63) is 54.1 Å². The van der Waals surface area contributed by atoms with E-state index in [4.69, 9.17) is 9.47 Å². The minimum absolute atomic E-state index is 0.0613. The Labute approximate surface area is 229 Å². The van der Waals surface area contributed by atoms with Gasteiger partial charge in [0.25, 0.3) is 0 Å². The zero-order chi connectivity index (χ0) is 29.8. The highest BCUT2D eigenvalue weighted by Gasteiger charge is 2.31. The summed E-state index contributed by atoms with van der Waals surface area (Å²) in [6.45, 7) is 3.09. The van der Waals surface area contributed by atoms with Gasteiger partial charge >= 0.3 is 18.4 Å². The average molecular weight is 577 g/mol. The second kappa shape index (κ2) is 15.2. The molecular weight excluding hydrogens is 543 g/mol. The van der Waals surface area contributed by atoms with Gasteiger partial charge in [-0.2, -0.15) is 0 Å². The minimum atomic E-state index is -4.85. The van der Waals surface area contributed by atoms with E-state index in [1.165, 1.54) is 17.0 Å². The van der Waals surface area contributed by atoms with Crippen molar-refractivity contribution >= 4 is 17.7 Å². The number of urea groups is 1. The lowest BCUT2D eigenvalue weighted by Gasteiger charge is -2.24. The number of unbranched alkanes of at least 4 members (excludes halogenated alkanes) is 1. The van der Waals surface area contributed by atoms with E-state index >= 15 is 0 Å². The Hall–Kier alpha value is -3.61. The minimum Gasteiger partial charge on any atom is -0.492 e. The van der Waals surface area contributed by atoms with Crippen molar-refractivity contribution in [1.29, 1.82) is 0 Å². The fourth-order valence-corrected chi connectivity index (χ4v) is 3.62. The van der Waals surface area contributed by atoms with Gasteiger partial charge in [0.15, 0.2) is 6.10 Å². The summed E-state index contributed by atoms with van der Waals surface area (Å²) in [7, 11) is 0. The Balaban J connectivity index is 1.96. The van der Waals surface area contributed by atoms with E-state index in [-0.39, 0.29) is 51.3 Å². The number of carbonyl (C=O) groups is 2. The van der Waals surface area contributed by atoms with Crippen LogP contribution in [0, 0.1) is 0 Å². The van der Waals surface area contributed by atoms with Crippen LogP contribution in [0.2, 0.25) is 0 Å². The third-order valence-corrected chi connectivity index (χ3v) is 5.54. The van der Waals surface area contributed by atoms with Crippen LogP contribution in [-0.4, -0.2) is 66.7 Å². The predicted octanol–water partition coefficient (Wildman–Crippen LogP) is 6.36. The number of aliphatic carboxylic acids is 1. The summed E-state index contributed by atoms with van der Waals surface area (Å²) >= 11 is 0. The first-order valence-corrected chi connectivity index (χ1v) is 12.6. The summed E-state index contributed by atoms with van der Waals surface area (Å²) in [6.07, 6.45) is -5.49. The van der Waals surface area contributed by atoms with Gasteiger partial charge in [-0.1, -0.05) is 12.1 Å². The number of rotatable bonds is 16. The molecule has 0 heterocycles. The number of nitrogens with one attached hydrogen (secondary N) is 1. The van der Waals surface area contributed by atoms with Crippen molar-refractivity contribution < 1.29 is 50.9 Å². The highest BCUT2D eigenvalue weighted by molar-refractivity contribution is 5.89. The molecule has 2 aromatic carbocycles. The third-order valence-electron chi connectivity index (χ3n) is 5.54. The average Bonchev–Trinajstić information content (AvgIpc) is 2.85. The number of carbonyl (C=O) groups excluding carboxylic acids is 1. The molecule has 2 N–H and O–H groups in total. The maximum absolute atomic E-state index is 13.2. The maximum Gasteiger partial charge on any atom is 0.573 e. The molecule has 2 amide bonds. The number of hydrogen-bond acceptors (Lipinski definition) is 5. The lowest BCUT2D eigenvalue weighted by Crippen LogP contribution is -2.38. The van der Waals surface area contributed by atoms with Crippen LogP contribution in [0.1, 0.15) is 38.7 Å². The van der Waals surface area contributed by atoms with E-state index < -0.39 is 36.1 Å². The van der Waals surface area contributed by atoms with Crippen molar-refractivity contribution in [1.82, 2.24) is 4.90 Å². The van der Waals surface area contributed by atoms with Crippen molar-refractivity contribution in [2.45, 2.75) is 57.9 Å². The van der Waals surface area contributed by atoms with Gasteiger partial charge in [-0.25, -0.2) is 18.4 Å². The molecule has 2 rings (SSSR count). The molecular formula is C27H33F5N2O6. The van der Waals surface area contributed by atoms with Gasteiger partial charge in [-0.15, -0.1) is 13.2 Å². The van der Waals surface area contributed by atoms with E-state index in [2.05, 4.69) is 10.1 Å². The summed E-state index contributed by atoms with van der Waals surface area (Å²) in [6, 6.07) is 10.7. The van der Waals surface area contributed by atoms with Gasteiger partial charge in [0.05, 0.1) is 6.54 Å². The van der Waals surface area contributed by atoms with E-state index in [0.29, 0.717) is 12.2 Å². The Morgan fingerprint density at radius 3 is 2.12 bits per heavy atom. The molecule has 0 spiro atoms. The summed E-state index contributed by atoms with van der Waals surface area (Å²) in [4.78, 5) is 25.5. The Morgan fingerprint density at radius 1 is 0.950 bits per heavy atom. The molecule has 0 aliphatic heterocycles. The number of nitrogens with zero attached hydrogens (tertiary/aromatic N) is 1. The van der Waals surface area contributed by atoms with Gasteiger partial charge < -0.3 is 29.5 Å². The van der Waals surface area contributed by atoms with Gasteiger partial charge in [-0.05, 0) is 68.7 Å². The molecule has 8 nitrogen and oxygen atoms in total. The first kappa shape index (κ1) is 32.6. The summed E-state index contributed by atoms with van der Waals surface area (Å²) in [5.74, 6) is -3.86. The quantitative estimate of drug-likeness (QED) is 0.178. The van der Waals surface area contributed by atoms with Crippen LogP contribution < -0.4 is 14.8 Å². The molecule has 0 bridgehead atoms. The number of benzene rings is 2. The van der Waals surface area contributed by atoms with E-state index in [1.807, 2.05) is 0 Å². The van der Waals surface area contributed by atoms with Crippen LogP contribution in [0.4, 0.5) is 32.4 Å². The highest BCUT2D eigenvalue weighted by Crippen LogP contribution is 2.24. The van der Waals surface area contributed by atoms with Gasteiger partial charge in [0.1, 0.15) is 18.1 Å². The molecule has 1 unspecified atom stereocenters. The van der Waals surface area contributed by atoms with Gasteiger partial charge in [0.2, 0.25) is 5.92 Å². The molecule has 0 aliphatic rings. The van der Waals surface area contributed by atoms with Crippen molar-refractivity contribution in [2.24, 2.45) is 0 Å². The fourth-order valence-electron chi connectivity index (χ4n) is 3.62. The molecule has 0 aliphatic carbocycles. The Kier molecular flexibility index (Phi) is 12.4. The Morgan fingerprint density at radius 2 is 1.57 bits per heavy atom. The molecule has 1 atom stereocenters. The fraction of sp³-hybridized carbons (Fsp3) is 0.481. The number of carboxylic acid groups (broad SMARTS) is 1. The molecule has 40 heavy (non-hydrogen) atoms. The van der Waals surface area contributed by atoms with Crippen LogP contribution in [0.5, 0.6) is 11.5 Å². The van der Waals surface area contributed by atoms with E-state index in [9.17, 15) is 36.6 Å². The number of carboxylic acids is 1. The lowest BCUT2D eigenvalue weighted by atomic mass is 10.1. The molecule has 13 heteroatoms. The topological polar surface area (TPSA) is 97.3 Å². The van der Waals surface area contributed by atoms with E-state index in [1.54, 1.807) is 31.2 Å². The van der Waals surface area contributed by atoms with Crippen LogP contribution >= 0.6 is 0 Å². The van der Waals surface area contributed by atoms with Crippen LogP contribution in [0.15, 0.2) is 48.5 Å². The zero-order valence-electron chi connectivity index (χ0n) is 22.2. The lowest BCUT2D eigenvalue weighted by molar-refractivity contribution is -0.274. The molecule has 0 fully saturated rings. The van der Waals surface area contributed by atoms with Crippen LogP contribution in [0.3, 0.4) is 0 Å². The molecule has 0 saturated heterocycles. The second-order valence-corrected chi connectivity index (χ2v) is 9.00. The monoisotopic (exact) mass is 576 g/mol. The molecule has 0 radical (unpaired) electrons. The molecule has 0 saturated carbocycles. The van der Waals surface area contributed by atoms with Gasteiger partial charge in [-0.3, -0.25) is 0 Å².